The summed E-state index contributed by atoms with van der Waals surface area (Å²) in [4.78, 5) is 23.3. The van der Waals surface area contributed by atoms with Crippen LogP contribution in [0, 0.1) is 0 Å². The van der Waals surface area contributed by atoms with Crippen molar-refractivity contribution in [3.63, 3.8) is 0 Å². The quantitative estimate of drug-likeness (QED) is 0.417. The zero-order chi connectivity index (χ0) is 18.7. The molecular formula is C20H27N3O2. The SMILES string of the molecule is CCC(=O)Nc1ccc(C(=O)N/N=C/C=C(\C)CCC=C(C)C)cc1. The minimum atomic E-state index is -0.291. The molecule has 0 fully saturated rings. The molecular weight excluding hydrogens is 314 g/mol. The van der Waals surface area contributed by atoms with Gasteiger partial charge in [-0.1, -0.05) is 24.1 Å². The van der Waals surface area contributed by atoms with Crippen molar-refractivity contribution in [2.45, 2.75) is 47.0 Å². The number of carbonyl (C=O) groups is 2. The van der Waals surface area contributed by atoms with Gasteiger partial charge in [-0.3, -0.25) is 9.59 Å². The molecule has 0 atom stereocenters. The summed E-state index contributed by atoms with van der Waals surface area (Å²) in [6.07, 6.45) is 8.07. The van der Waals surface area contributed by atoms with Crippen molar-refractivity contribution < 1.29 is 9.59 Å². The van der Waals surface area contributed by atoms with Crippen LogP contribution in [0.5, 0.6) is 0 Å². The molecule has 0 heterocycles. The number of anilines is 1. The van der Waals surface area contributed by atoms with E-state index in [-0.39, 0.29) is 11.8 Å². The number of amides is 2. The molecule has 0 spiro atoms. The molecule has 0 aliphatic rings. The highest BCUT2D eigenvalue weighted by molar-refractivity contribution is 5.96. The number of hydrogen-bond donors (Lipinski definition) is 2. The summed E-state index contributed by atoms with van der Waals surface area (Å²) in [5.41, 5.74) is 6.15. The summed E-state index contributed by atoms with van der Waals surface area (Å²) < 4.78 is 0. The smallest absolute Gasteiger partial charge is 0.271 e. The number of nitrogens with zero attached hydrogens (tertiary/aromatic N) is 1. The number of allylic oxidation sites excluding steroid dienone is 4. The molecule has 5 nitrogen and oxygen atoms in total. The Morgan fingerprint density at radius 1 is 1.12 bits per heavy atom. The van der Waals surface area contributed by atoms with Gasteiger partial charge in [-0.2, -0.15) is 5.10 Å². The number of hydrazone groups is 1. The molecule has 0 aliphatic carbocycles. The van der Waals surface area contributed by atoms with Gasteiger partial charge in [-0.15, -0.1) is 0 Å². The maximum absolute atomic E-state index is 12.0. The zero-order valence-corrected chi connectivity index (χ0v) is 15.4. The number of benzene rings is 1. The van der Waals surface area contributed by atoms with Crippen LogP contribution >= 0.6 is 0 Å². The first-order valence-corrected chi connectivity index (χ1v) is 8.44. The van der Waals surface area contributed by atoms with E-state index >= 15 is 0 Å². The standard InChI is InChI=1S/C20H27N3O2/c1-5-19(24)22-18-11-9-17(10-12-18)20(25)23-21-14-13-16(4)8-6-7-15(2)3/h7,9-14H,5-6,8H2,1-4H3,(H,22,24)(H,23,25)/b16-13+,21-14+. The van der Waals surface area contributed by atoms with Crippen molar-refractivity contribution in [2.24, 2.45) is 5.10 Å². The number of nitrogens with one attached hydrogen (secondary N) is 2. The first kappa shape index (κ1) is 20.4. The fourth-order valence-electron chi connectivity index (χ4n) is 1.95. The van der Waals surface area contributed by atoms with Crippen molar-refractivity contribution in [3.05, 3.63) is 53.1 Å². The normalized spacial score (nSPS) is 11.3. The molecule has 1 aromatic carbocycles. The van der Waals surface area contributed by atoms with Gasteiger partial charge in [0.25, 0.3) is 5.91 Å². The Morgan fingerprint density at radius 3 is 2.40 bits per heavy atom. The molecule has 134 valence electrons. The average molecular weight is 341 g/mol. The van der Waals surface area contributed by atoms with Crippen LogP contribution in [-0.2, 0) is 4.79 Å². The van der Waals surface area contributed by atoms with E-state index in [2.05, 4.69) is 35.8 Å². The summed E-state index contributed by atoms with van der Waals surface area (Å²) in [6.45, 7) is 7.99. The van der Waals surface area contributed by atoms with Crippen molar-refractivity contribution >= 4 is 23.7 Å². The van der Waals surface area contributed by atoms with Crippen molar-refractivity contribution in [2.75, 3.05) is 5.32 Å². The molecule has 0 aliphatic heterocycles. The minimum absolute atomic E-state index is 0.0615. The van der Waals surface area contributed by atoms with Crippen LogP contribution in [0.1, 0.15) is 57.3 Å². The molecule has 1 aromatic rings. The minimum Gasteiger partial charge on any atom is -0.326 e. The molecule has 1 rings (SSSR count). The van der Waals surface area contributed by atoms with Gasteiger partial charge in [-0.05, 0) is 64.0 Å². The van der Waals surface area contributed by atoms with E-state index in [4.69, 9.17) is 0 Å². The topological polar surface area (TPSA) is 70.6 Å². The molecule has 2 amide bonds. The molecule has 0 saturated heterocycles. The Kier molecular flexibility index (Phi) is 8.93. The van der Waals surface area contributed by atoms with Gasteiger partial charge in [0.1, 0.15) is 0 Å². The molecule has 0 saturated carbocycles. The van der Waals surface area contributed by atoms with Crippen LogP contribution < -0.4 is 10.7 Å². The predicted molar refractivity (Wildman–Crippen MR) is 104 cm³/mol. The van der Waals surface area contributed by atoms with Crippen LogP contribution in [0.4, 0.5) is 5.69 Å². The van der Waals surface area contributed by atoms with Crippen molar-refractivity contribution in [3.8, 4) is 0 Å². The summed E-state index contributed by atoms with van der Waals surface area (Å²) in [5, 5.41) is 6.66. The summed E-state index contributed by atoms with van der Waals surface area (Å²) >= 11 is 0. The third kappa shape index (κ3) is 8.65. The van der Waals surface area contributed by atoms with Crippen LogP contribution in [0.15, 0.2) is 52.7 Å². The molecule has 2 N–H and O–H groups in total. The van der Waals surface area contributed by atoms with Crippen LogP contribution in [-0.4, -0.2) is 18.0 Å². The zero-order valence-electron chi connectivity index (χ0n) is 15.4. The Labute approximate surface area is 149 Å². The second kappa shape index (κ2) is 11.0. The fraction of sp³-hybridized carbons (Fsp3) is 0.350. The largest absolute Gasteiger partial charge is 0.326 e. The lowest BCUT2D eigenvalue weighted by Crippen LogP contribution is -2.17. The Bertz CT molecular complexity index is 667. The Balaban J connectivity index is 2.48. The van der Waals surface area contributed by atoms with Gasteiger partial charge in [0.2, 0.25) is 5.91 Å². The van der Waals surface area contributed by atoms with E-state index in [0.29, 0.717) is 17.7 Å². The molecule has 0 unspecified atom stereocenters. The lowest BCUT2D eigenvalue weighted by molar-refractivity contribution is -0.115. The average Bonchev–Trinajstić information content (AvgIpc) is 2.58. The van der Waals surface area contributed by atoms with E-state index in [9.17, 15) is 9.59 Å². The second-order valence-electron chi connectivity index (χ2n) is 6.03. The van der Waals surface area contributed by atoms with E-state index in [1.54, 1.807) is 37.4 Å². The molecule has 0 aromatic heterocycles. The third-order valence-electron chi connectivity index (χ3n) is 3.44. The van der Waals surface area contributed by atoms with Gasteiger partial charge in [0.05, 0.1) is 0 Å². The fourth-order valence-corrected chi connectivity index (χ4v) is 1.95. The molecule has 5 heteroatoms. The maximum Gasteiger partial charge on any atom is 0.271 e. The van der Waals surface area contributed by atoms with Crippen LogP contribution in [0.2, 0.25) is 0 Å². The highest BCUT2D eigenvalue weighted by Gasteiger charge is 2.04. The number of hydrogen-bond acceptors (Lipinski definition) is 3. The molecule has 0 radical (unpaired) electrons. The third-order valence-corrected chi connectivity index (χ3v) is 3.44. The van der Waals surface area contributed by atoms with Gasteiger partial charge in [0, 0.05) is 23.9 Å². The van der Waals surface area contributed by atoms with Crippen molar-refractivity contribution in [1.82, 2.24) is 5.43 Å². The summed E-state index contributed by atoms with van der Waals surface area (Å²) in [7, 11) is 0. The van der Waals surface area contributed by atoms with E-state index in [1.165, 1.54) is 11.1 Å². The van der Waals surface area contributed by atoms with Crippen LogP contribution in [0.25, 0.3) is 0 Å². The summed E-state index contributed by atoms with van der Waals surface area (Å²) in [5.74, 6) is -0.353. The van der Waals surface area contributed by atoms with Gasteiger partial charge in [-0.25, -0.2) is 5.43 Å². The van der Waals surface area contributed by atoms with Gasteiger partial charge < -0.3 is 5.32 Å². The van der Waals surface area contributed by atoms with Gasteiger partial charge >= 0.3 is 0 Å². The monoisotopic (exact) mass is 341 g/mol. The first-order valence-electron chi connectivity index (χ1n) is 8.44. The summed E-state index contributed by atoms with van der Waals surface area (Å²) in [6, 6.07) is 6.69. The molecule has 25 heavy (non-hydrogen) atoms. The number of carbonyl (C=O) groups excluding carboxylic acids is 2. The Morgan fingerprint density at radius 2 is 1.80 bits per heavy atom. The number of rotatable bonds is 8. The van der Waals surface area contributed by atoms with E-state index in [0.717, 1.165) is 12.8 Å². The van der Waals surface area contributed by atoms with Crippen molar-refractivity contribution in [1.29, 1.82) is 0 Å². The van der Waals surface area contributed by atoms with Gasteiger partial charge in [0.15, 0.2) is 0 Å². The van der Waals surface area contributed by atoms with Crippen LogP contribution in [0.3, 0.4) is 0 Å². The van der Waals surface area contributed by atoms with E-state index < -0.39 is 0 Å². The highest BCUT2D eigenvalue weighted by Crippen LogP contribution is 2.10. The lowest BCUT2D eigenvalue weighted by Gasteiger charge is -2.04. The first-order chi connectivity index (χ1) is 11.9. The highest BCUT2D eigenvalue weighted by atomic mass is 16.2. The Hall–Kier alpha value is -2.69. The maximum atomic E-state index is 12.0. The second-order valence-corrected chi connectivity index (χ2v) is 6.03. The molecule has 0 bridgehead atoms. The predicted octanol–water partition coefficient (Wildman–Crippen LogP) is 4.44. The lowest BCUT2D eigenvalue weighted by atomic mass is 10.1. The van der Waals surface area contributed by atoms with E-state index in [1.807, 2.05) is 13.0 Å².